The topological polar surface area (TPSA) is 79.9 Å². The van der Waals surface area contributed by atoms with E-state index in [1.165, 1.54) is 0 Å². The Kier molecular flexibility index (Phi) is 36.1. The van der Waals surface area contributed by atoms with E-state index in [0.717, 1.165) is 0 Å². The van der Waals surface area contributed by atoms with Crippen LogP contribution in [0.1, 0.15) is 6.92 Å². The van der Waals surface area contributed by atoms with Crippen molar-refractivity contribution in [1.82, 2.24) is 0 Å². The van der Waals surface area contributed by atoms with Gasteiger partial charge in [0.2, 0.25) is 0 Å². The monoisotopic (exact) mass is 292 g/mol. The summed E-state index contributed by atoms with van der Waals surface area (Å²) in [4.78, 5) is 0. The molecule has 0 aliphatic heterocycles. The largest absolute Gasteiger partial charge is 6.00 e. The minimum Gasteiger partial charge on any atom is -0.999 e. The maximum Gasteiger partial charge on any atom is 6.00 e. The van der Waals surface area contributed by atoms with E-state index in [-0.39, 0.29) is 22.8 Å². The average Bonchev–Trinajstić information content (AvgIpc) is 2.80. The van der Waals surface area contributed by atoms with E-state index in [4.69, 9.17) is 9.30 Å². The molecule has 0 aromatic heterocycles. The van der Waals surface area contributed by atoms with Gasteiger partial charge in [0.05, 0.1) is 0 Å². The van der Waals surface area contributed by atoms with Gasteiger partial charge in [-0.25, -0.2) is 0 Å². The predicted molar refractivity (Wildman–Crippen MR) is 53.8 cm³/mol. The molecule has 0 saturated heterocycles. The fraction of sp³-hybridized carbons (Fsp3) is 0.182. The van der Waals surface area contributed by atoms with Gasteiger partial charge < -0.3 is 34.9 Å². The quantitative estimate of drug-likeness (QED) is 0.267. The molecule has 0 bridgehead atoms. The van der Waals surface area contributed by atoms with Crippen molar-refractivity contribution in [3.05, 3.63) is 55.8 Å². The first-order valence-corrected chi connectivity index (χ1v) is 4.81. The summed E-state index contributed by atoms with van der Waals surface area (Å²) in [6, 6.07) is 12.0. The van der Waals surface area contributed by atoms with Crippen LogP contribution in [0.25, 0.3) is 0 Å². The second-order valence-corrected chi connectivity index (χ2v) is 2.98. The molecule has 0 amide bonds. The van der Waals surface area contributed by atoms with Crippen molar-refractivity contribution in [1.29, 1.82) is 0 Å². The van der Waals surface area contributed by atoms with Gasteiger partial charge in [-0.1, -0.05) is 23.2 Å². The normalized spacial score (nSPS) is 8.12. The molecule has 4 nitrogen and oxygen atoms in total. The fourth-order valence-corrected chi connectivity index (χ4v) is 0.784. The van der Waals surface area contributed by atoms with E-state index in [2.05, 4.69) is 44.1 Å². The Morgan fingerprint density at radius 1 is 1.35 bits per heavy atom. The molecule has 1 aromatic rings. The van der Waals surface area contributed by atoms with Gasteiger partial charge in [0.15, 0.2) is 0 Å². The molecule has 0 radical (unpaired) electrons. The zero-order valence-corrected chi connectivity index (χ0v) is 10.8. The summed E-state index contributed by atoms with van der Waals surface area (Å²) in [6.07, 6.45) is 0. The second kappa shape index (κ2) is 24.4. The molecule has 1 unspecified atom stereocenters. The molecule has 90 valence electrons. The van der Waals surface area contributed by atoms with Crippen LogP contribution < -0.4 is 0 Å². The van der Waals surface area contributed by atoms with Crippen LogP contribution in [0.15, 0.2) is 18.2 Å². The standard InChI is InChI=1S/C5H.C4H8O2S.2CO.Fe/c1-2-4-5-3-1;1-4(2)3-7(5)6;2*1-2;/h1H;1,3H2,2H3,(H,5,6);;;/q-5;;;;+6/p-1. The zero-order chi connectivity index (χ0) is 13.4. The number of hydrogen-bond acceptors (Lipinski definition) is 2. The molecule has 17 heavy (non-hydrogen) atoms. The Bertz CT molecular complexity index is 269. The molecule has 1 atom stereocenters. The van der Waals surface area contributed by atoms with Crippen molar-refractivity contribution in [2.75, 3.05) is 5.75 Å². The van der Waals surface area contributed by atoms with Crippen molar-refractivity contribution in [2.24, 2.45) is 0 Å². The Hall–Kier alpha value is -0.801. The van der Waals surface area contributed by atoms with Crippen molar-refractivity contribution >= 4 is 11.1 Å². The van der Waals surface area contributed by atoms with E-state index >= 15 is 0 Å². The second-order valence-electron chi connectivity index (χ2n) is 2.09. The Morgan fingerprint density at radius 3 is 1.76 bits per heavy atom. The van der Waals surface area contributed by atoms with Crippen LogP contribution in [0.4, 0.5) is 0 Å². The molecule has 6 heteroatoms. The molecular weight excluding hydrogens is 284 g/mol. The van der Waals surface area contributed by atoms with Gasteiger partial charge in [-0.2, -0.15) is 0 Å². The number of rotatable bonds is 2. The Balaban J connectivity index is -0.0000000747. The maximum atomic E-state index is 9.75. The van der Waals surface area contributed by atoms with Crippen LogP contribution in [0.5, 0.6) is 0 Å². The average molecular weight is 292 g/mol. The molecule has 0 heterocycles. The van der Waals surface area contributed by atoms with Gasteiger partial charge in [0, 0.05) is 5.75 Å². The van der Waals surface area contributed by atoms with Gasteiger partial charge in [-0.05, 0) is 6.92 Å². The maximum absolute atomic E-state index is 9.75. The van der Waals surface area contributed by atoms with E-state index in [1.54, 1.807) is 13.0 Å². The first-order chi connectivity index (χ1) is 7.63. The summed E-state index contributed by atoms with van der Waals surface area (Å²) in [5, 5.41) is 0. The zero-order valence-electron chi connectivity index (χ0n) is 8.89. The third kappa shape index (κ3) is 39.4. The van der Waals surface area contributed by atoms with Gasteiger partial charge in [0.25, 0.3) is 0 Å². The van der Waals surface area contributed by atoms with Gasteiger partial charge in [0.1, 0.15) is 0 Å². The third-order valence-corrected chi connectivity index (χ3v) is 1.44. The molecule has 0 N–H and O–H groups in total. The first-order valence-electron chi connectivity index (χ1n) is 3.56. The predicted octanol–water partition coefficient (Wildman–Crippen LogP) is 0.970. The summed E-state index contributed by atoms with van der Waals surface area (Å²) < 4.78 is 34.5. The van der Waals surface area contributed by atoms with E-state index in [0.29, 0.717) is 5.57 Å². The molecule has 0 aliphatic carbocycles. The van der Waals surface area contributed by atoms with Crippen LogP contribution in [0, 0.1) is 37.6 Å². The Morgan fingerprint density at radius 2 is 1.71 bits per heavy atom. The van der Waals surface area contributed by atoms with Crippen LogP contribution >= 0.6 is 0 Å². The van der Waals surface area contributed by atoms with Crippen LogP contribution in [0.2, 0.25) is 0 Å². The van der Waals surface area contributed by atoms with Crippen molar-refractivity contribution in [3.63, 3.8) is 0 Å². The summed E-state index contributed by atoms with van der Waals surface area (Å²) in [6.45, 7) is 14.1. The van der Waals surface area contributed by atoms with E-state index in [1.807, 2.05) is 0 Å². The summed E-state index contributed by atoms with van der Waals surface area (Å²) in [5.74, 6) is 0.0833. The molecule has 0 spiro atoms. The summed E-state index contributed by atoms with van der Waals surface area (Å²) in [7, 11) is 0. The molecule has 0 fully saturated rings. The van der Waals surface area contributed by atoms with Crippen molar-refractivity contribution in [3.8, 4) is 0 Å². The minimum atomic E-state index is -1.95. The van der Waals surface area contributed by atoms with E-state index in [9.17, 15) is 8.76 Å². The van der Waals surface area contributed by atoms with E-state index < -0.39 is 11.1 Å². The number of hydrogen-bond donors (Lipinski definition) is 0. The molecule has 1 aromatic carbocycles. The fourth-order valence-electron chi connectivity index (χ4n) is 0.382. The first kappa shape index (κ1) is 25.1. The molecular formula is C11H8FeO4S. The van der Waals surface area contributed by atoms with Gasteiger partial charge in [-0.3, -0.25) is 4.21 Å². The molecule has 0 saturated carbocycles. The van der Waals surface area contributed by atoms with Gasteiger partial charge >= 0.3 is 39.7 Å². The van der Waals surface area contributed by atoms with Gasteiger partial charge in [-0.15, -0.1) is 0 Å². The summed E-state index contributed by atoms with van der Waals surface area (Å²) in [5.41, 5.74) is 0.674. The van der Waals surface area contributed by atoms with Crippen molar-refractivity contribution < 1.29 is 35.1 Å². The molecule has 1 rings (SSSR count). The third-order valence-electron chi connectivity index (χ3n) is 0.715. The minimum absolute atomic E-state index is 0. The van der Waals surface area contributed by atoms with Crippen LogP contribution in [0.3, 0.4) is 0 Å². The Labute approximate surface area is 115 Å². The SMILES string of the molecule is C=C(C)CS(=O)[O-].[C-]#[O+].[C-]#[O+].[Fe+6].[c-]1[c-][c-][cH-][c-]1. The van der Waals surface area contributed by atoms with Crippen LogP contribution in [-0.4, -0.2) is 14.5 Å². The summed E-state index contributed by atoms with van der Waals surface area (Å²) >= 11 is -1.95. The molecule has 0 aliphatic rings. The van der Waals surface area contributed by atoms with Crippen molar-refractivity contribution in [2.45, 2.75) is 6.92 Å². The smallest absolute Gasteiger partial charge is 0.999 e. The van der Waals surface area contributed by atoms with Crippen LogP contribution in [-0.2, 0) is 37.5 Å².